The molecule has 2 N–H and O–H groups in total. The van der Waals surface area contributed by atoms with Crippen molar-refractivity contribution in [1.29, 1.82) is 0 Å². The Morgan fingerprint density at radius 2 is 1.81 bits per heavy atom. The summed E-state index contributed by atoms with van der Waals surface area (Å²) in [5.41, 5.74) is 1.00. The van der Waals surface area contributed by atoms with Crippen LogP contribution in [0.15, 0.2) is 23.1 Å². The molecule has 2 bridgehead atoms. The zero-order chi connectivity index (χ0) is 19.3. The number of thioether (sulfide) groups is 1. The molecular weight excluding hydrogens is 374 g/mol. The highest BCUT2D eigenvalue weighted by atomic mass is 35.5. The Morgan fingerprint density at radius 3 is 2.31 bits per heavy atom. The monoisotopic (exact) mass is 399 g/mol. The molecule has 0 saturated carbocycles. The van der Waals surface area contributed by atoms with E-state index in [-0.39, 0.29) is 6.42 Å². The Bertz CT molecular complexity index is 636. The first-order valence-corrected chi connectivity index (χ1v) is 10.1. The molecule has 3 rings (SSSR count). The van der Waals surface area contributed by atoms with Gasteiger partial charge in [-0.2, -0.15) is 0 Å². The van der Waals surface area contributed by atoms with Crippen LogP contribution in [0, 0.1) is 0 Å². The number of aryl methyl sites for hydroxylation is 1. The van der Waals surface area contributed by atoms with Crippen LogP contribution in [0.1, 0.15) is 44.6 Å². The van der Waals surface area contributed by atoms with Crippen molar-refractivity contribution in [1.82, 2.24) is 4.90 Å². The third-order valence-corrected chi connectivity index (χ3v) is 6.73. The summed E-state index contributed by atoms with van der Waals surface area (Å²) in [5.74, 6) is -1.60. The molecule has 1 unspecified atom stereocenters. The van der Waals surface area contributed by atoms with Crippen LogP contribution in [-0.2, 0) is 16.0 Å². The maximum Gasteiger partial charge on any atom is 0.303 e. The highest BCUT2D eigenvalue weighted by Crippen LogP contribution is 2.43. The first-order chi connectivity index (χ1) is 12.3. The molecule has 0 aromatic heterocycles. The van der Waals surface area contributed by atoms with Gasteiger partial charge in [0.25, 0.3) is 5.97 Å². The Hall–Kier alpha value is -1.24. The minimum atomic E-state index is -0.833. The molecule has 0 amide bonds. The average molecular weight is 400 g/mol. The molecule has 2 heterocycles. The van der Waals surface area contributed by atoms with Crippen molar-refractivity contribution in [3.8, 4) is 0 Å². The summed E-state index contributed by atoms with van der Waals surface area (Å²) < 4.78 is 0. The molecule has 0 radical (unpaired) electrons. The molecular formula is C19H26ClNO4S. The molecule has 2 saturated heterocycles. The lowest BCUT2D eigenvalue weighted by atomic mass is 10.0. The van der Waals surface area contributed by atoms with E-state index in [2.05, 4.69) is 18.0 Å². The van der Waals surface area contributed by atoms with Gasteiger partial charge in [0.2, 0.25) is 0 Å². The van der Waals surface area contributed by atoms with E-state index in [1.165, 1.54) is 25.7 Å². The number of piperidine rings is 1. The summed E-state index contributed by atoms with van der Waals surface area (Å²) in [6, 6.07) is 7.48. The lowest BCUT2D eigenvalue weighted by molar-refractivity contribution is -0.137. The standard InChI is InChI=1S/C17H22ClNO2S.C2H4O2/c1-19-12-4-5-13(19)10-14(9-12)22-16-6-2-11(8-15(16)18)3-7-17(20)21;1-2(3)4/h2,6,8,12-14H,3-5,7,9-10H2,1H3,(H,20,21);1H3,(H,3,4)/t12-,13+,14?;. The number of hydrogen-bond acceptors (Lipinski definition) is 4. The van der Waals surface area contributed by atoms with Gasteiger partial charge in [0.05, 0.1) is 5.02 Å². The number of carboxylic acids is 2. The smallest absolute Gasteiger partial charge is 0.303 e. The predicted molar refractivity (Wildman–Crippen MR) is 104 cm³/mol. The lowest BCUT2D eigenvalue weighted by Gasteiger charge is -2.36. The van der Waals surface area contributed by atoms with Crippen LogP contribution in [0.5, 0.6) is 0 Å². The van der Waals surface area contributed by atoms with Crippen molar-refractivity contribution in [2.45, 2.75) is 67.7 Å². The van der Waals surface area contributed by atoms with E-state index in [4.69, 9.17) is 26.6 Å². The molecule has 2 fully saturated rings. The fraction of sp³-hybridized carbons (Fsp3) is 0.579. The van der Waals surface area contributed by atoms with Gasteiger partial charge in [-0.1, -0.05) is 17.7 Å². The van der Waals surface area contributed by atoms with Crippen molar-refractivity contribution in [2.24, 2.45) is 0 Å². The Morgan fingerprint density at radius 1 is 1.23 bits per heavy atom. The van der Waals surface area contributed by atoms with Crippen molar-refractivity contribution in [3.63, 3.8) is 0 Å². The van der Waals surface area contributed by atoms with Crippen LogP contribution in [0.4, 0.5) is 0 Å². The number of rotatable bonds is 5. The number of benzene rings is 1. The van der Waals surface area contributed by atoms with Gasteiger partial charge in [-0.05, 0) is 56.8 Å². The number of fused-ring (bicyclic) bond motifs is 2. The molecule has 144 valence electrons. The van der Waals surface area contributed by atoms with E-state index < -0.39 is 11.9 Å². The first kappa shape index (κ1) is 21.1. The molecule has 2 aliphatic rings. The van der Waals surface area contributed by atoms with E-state index in [1.54, 1.807) is 0 Å². The number of halogens is 1. The fourth-order valence-corrected chi connectivity index (χ4v) is 5.33. The van der Waals surface area contributed by atoms with Crippen molar-refractivity contribution in [2.75, 3.05) is 7.05 Å². The van der Waals surface area contributed by atoms with E-state index in [0.29, 0.717) is 11.7 Å². The second kappa shape index (κ2) is 9.62. The van der Waals surface area contributed by atoms with E-state index in [0.717, 1.165) is 34.5 Å². The quantitative estimate of drug-likeness (QED) is 0.773. The third-order valence-electron chi connectivity index (χ3n) is 4.97. The summed E-state index contributed by atoms with van der Waals surface area (Å²) in [4.78, 5) is 23.3. The third kappa shape index (κ3) is 6.18. The summed E-state index contributed by atoms with van der Waals surface area (Å²) in [6.07, 6.45) is 5.85. The topological polar surface area (TPSA) is 77.8 Å². The summed E-state index contributed by atoms with van der Waals surface area (Å²) in [6.45, 7) is 1.08. The SMILES string of the molecule is CC(=O)O.CN1[C@@H]2CC[C@H]1CC(Sc1ccc(CCC(=O)O)cc1Cl)C2. The normalized spacial score (nSPS) is 24.7. The van der Waals surface area contributed by atoms with Gasteiger partial charge in [-0.15, -0.1) is 11.8 Å². The number of nitrogens with zero attached hydrogens (tertiary/aromatic N) is 1. The first-order valence-electron chi connectivity index (χ1n) is 8.84. The second-order valence-electron chi connectivity index (χ2n) is 6.94. The molecule has 0 spiro atoms. The van der Waals surface area contributed by atoms with Gasteiger partial charge in [0.1, 0.15) is 0 Å². The molecule has 1 aromatic rings. The lowest BCUT2D eigenvalue weighted by Crippen LogP contribution is -2.40. The molecule has 3 atom stereocenters. The summed E-state index contributed by atoms with van der Waals surface area (Å²) >= 11 is 8.30. The molecule has 5 nitrogen and oxygen atoms in total. The molecule has 0 aliphatic carbocycles. The van der Waals surface area contributed by atoms with Crippen molar-refractivity contribution >= 4 is 35.3 Å². The van der Waals surface area contributed by atoms with E-state index >= 15 is 0 Å². The second-order valence-corrected chi connectivity index (χ2v) is 8.69. The van der Waals surface area contributed by atoms with Crippen LogP contribution in [0.3, 0.4) is 0 Å². The van der Waals surface area contributed by atoms with Crippen molar-refractivity contribution in [3.05, 3.63) is 28.8 Å². The molecule has 26 heavy (non-hydrogen) atoms. The minimum absolute atomic E-state index is 0.154. The number of carbonyl (C=O) groups is 2. The zero-order valence-electron chi connectivity index (χ0n) is 15.2. The van der Waals surface area contributed by atoms with Crippen LogP contribution < -0.4 is 0 Å². The molecule has 1 aromatic carbocycles. The van der Waals surface area contributed by atoms with Crippen LogP contribution in [-0.4, -0.2) is 51.4 Å². The highest BCUT2D eigenvalue weighted by Gasteiger charge is 2.38. The Labute approximate surface area is 163 Å². The largest absolute Gasteiger partial charge is 0.481 e. The van der Waals surface area contributed by atoms with Gasteiger partial charge in [0.15, 0.2) is 0 Å². The van der Waals surface area contributed by atoms with Crippen molar-refractivity contribution < 1.29 is 19.8 Å². The summed E-state index contributed by atoms with van der Waals surface area (Å²) in [5, 5.41) is 17.6. The van der Waals surface area contributed by atoms with Gasteiger partial charge in [-0.25, -0.2) is 0 Å². The predicted octanol–water partition coefficient (Wildman–Crippen LogP) is 4.17. The Kier molecular flexibility index (Phi) is 7.80. The van der Waals surface area contributed by atoms with E-state index in [9.17, 15) is 4.79 Å². The molecule has 2 aliphatic heterocycles. The minimum Gasteiger partial charge on any atom is -0.481 e. The number of aliphatic carboxylic acids is 2. The number of hydrogen-bond donors (Lipinski definition) is 2. The number of carboxylic acid groups (broad SMARTS) is 2. The van der Waals surface area contributed by atoms with E-state index in [1.807, 2.05) is 23.9 Å². The van der Waals surface area contributed by atoms with Crippen LogP contribution in [0.2, 0.25) is 5.02 Å². The summed E-state index contributed by atoms with van der Waals surface area (Å²) in [7, 11) is 2.26. The van der Waals surface area contributed by atoms with Gasteiger partial charge < -0.3 is 15.1 Å². The van der Waals surface area contributed by atoms with Gasteiger partial charge >= 0.3 is 5.97 Å². The van der Waals surface area contributed by atoms with Crippen LogP contribution in [0.25, 0.3) is 0 Å². The fourth-order valence-electron chi connectivity index (χ4n) is 3.68. The van der Waals surface area contributed by atoms with Crippen LogP contribution >= 0.6 is 23.4 Å². The Balaban J connectivity index is 0.000000552. The highest BCUT2D eigenvalue weighted by molar-refractivity contribution is 8.00. The zero-order valence-corrected chi connectivity index (χ0v) is 16.7. The maximum atomic E-state index is 10.6. The molecule has 7 heteroatoms. The van der Waals surface area contributed by atoms with Gasteiger partial charge in [-0.3, -0.25) is 9.59 Å². The average Bonchev–Trinajstić information content (AvgIpc) is 2.77. The maximum absolute atomic E-state index is 10.6. The van der Waals surface area contributed by atoms with Gasteiger partial charge in [0, 0.05) is 35.6 Å².